The maximum Gasteiger partial charge on any atom is 0.285 e. The van der Waals surface area contributed by atoms with Crippen LogP contribution < -0.4 is 5.32 Å². The molecular weight excluding hydrogens is 320 g/mol. The van der Waals surface area contributed by atoms with Crippen molar-refractivity contribution in [1.82, 2.24) is 5.32 Å². The van der Waals surface area contributed by atoms with Crippen LogP contribution in [0, 0.1) is 10.1 Å². The summed E-state index contributed by atoms with van der Waals surface area (Å²) in [5.74, 6) is -0.778. The molecule has 132 valence electrons. The predicted octanol–water partition coefficient (Wildman–Crippen LogP) is 3.57. The molecule has 0 aliphatic carbocycles. The quantitative estimate of drug-likeness (QED) is 0.642. The SMILES string of the molecule is CC(C)(C)c1ccc(CCNC(=O)c2ccc(O)cc2[N+](=O)[O-])cc1. The van der Waals surface area contributed by atoms with Gasteiger partial charge in [0, 0.05) is 6.54 Å². The summed E-state index contributed by atoms with van der Waals surface area (Å²) in [7, 11) is 0. The zero-order valence-corrected chi connectivity index (χ0v) is 14.6. The second-order valence-electron chi connectivity index (χ2n) is 6.91. The van der Waals surface area contributed by atoms with Gasteiger partial charge in [-0.15, -0.1) is 0 Å². The van der Waals surface area contributed by atoms with Gasteiger partial charge in [0.05, 0.1) is 11.0 Å². The number of phenolic OH excluding ortho intramolecular Hbond substituents is 1. The number of aromatic hydroxyl groups is 1. The lowest BCUT2D eigenvalue weighted by atomic mass is 9.86. The van der Waals surface area contributed by atoms with Crippen LogP contribution in [0.1, 0.15) is 42.3 Å². The van der Waals surface area contributed by atoms with E-state index in [2.05, 4.69) is 38.2 Å². The Hall–Kier alpha value is -2.89. The van der Waals surface area contributed by atoms with Crippen LogP contribution >= 0.6 is 0 Å². The first-order chi connectivity index (χ1) is 11.7. The Kier molecular flexibility index (Phi) is 5.41. The first-order valence-electron chi connectivity index (χ1n) is 8.03. The lowest BCUT2D eigenvalue weighted by molar-refractivity contribution is -0.385. The van der Waals surface area contributed by atoms with E-state index < -0.39 is 16.5 Å². The minimum atomic E-state index is -0.681. The fourth-order valence-corrected chi connectivity index (χ4v) is 2.45. The standard InChI is InChI=1S/C19H22N2O4/c1-19(2,3)14-6-4-13(5-7-14)10-11-20-18(23)16-9-8-15(22)12-17(16)21(24)25/h4-9,12,22H,10-11H2,1-3H3,(H,20,23). The van der Waals surface area contributed by atoms with Crippen LogP contribution in [0.25, 0.3) is 0 Å². The van der Waals surface area contributed by atoms with Crippen LogP contribution in [0.15, 0.2) is 42.5 Å². The number of phenols is 1. The molecule has 0 atom stereocenters. The lowest BCUT2D eigenvalue weighted by Gasteiger charge is -2.19. The van der Waals surface area contributed by atoms with Crippen molar-refractivity contribution in [2.45, 2.75) is 32.6 Å². The Labute approximate surface area is 146 Å². The van der Waals surface area contributed by atoms with Crippen molar-refractivity contribution in [1.29, 1.82) is 0 Å². The molecule has 2 aromatic carbocycles. The summed E-state index contributed by atoms with van der Waals surface area (Å²) in [6.45, 7) is 6.80. The third-order valence-electron chi connectivity index (χ3n) is 3.94. The summed E-state index contributed by atoms with van der Waals surface area (Å²) in [6, 6.07) is 11.7. The molecule has 2 aromatic rings. The largest absolute Gasteiger partial charge is 0.508 e. The van der Waals surface area contributed by atoms with Gasteiger partial charge in [-0.3, -0.25) is 14.9 Å². The summed E-state index contributed by atoms with van der Waals surface area (Å²) in [5, 5.41) is 23.0. The summed E-state index contributed by atoms with van der Waals surface area (Å²) in [6.07, 6.45) is 0.627. The normalized spacial score (nSPS) is 11.2. The van der Waals surface area contributed by atoms with E-state index in [1.807, 2.05) is 12.1 Å². The Balaban J connectivity index is 1.98. The van der Waals surface area contributed by atoms with E-state index in [4.69, 9.17) is 0 Å². The Morgan fingerprint density at radius 3 is 2.36 bits per heavy atom. The number of hydrogen-bond donors (Lipinski definition) is 2. The zero-order valence-electron chi connectivity index (χ0n) is 14.6. The van der Waals surface area contributed by atoms with E-state index in [9.17, 15) is 20.0 Å². The van der Waals surface area contributed by atoms with Gasteiger partial charge in [0.1, 0.15) is 11.3 Å². The summed E-state index contributed by atoms with van der Waals surface area (Å²) in [5.41, 5.74) is 1.93. The van der Waals surface area contributed by atoms with Crippen LogP contribution in [-0.2, 0) is 11.8 Å². The topological polar surface area (TPSA) is 92.5 Å². The highest BCUT2D eigenvalue weighted by atomic mass is 16.6. The molecule has 6 heteroatoms. The molecule has 0 spiro atoms. The molecule has 0 heterocycles. The van der Waals surface area contributed by atoms with Crippen LogP contribution in [0.2, 0.25) is 0 Å². The maximum absolute atomic E-state index is 12.2. The molecule has 0 aliphatic heterocycles. The van der Waals surface area contributed by atoms with Gasteiger partial charge in [-0.1, -0.05) is 45.0 Å². The average Bonchev–Trinajstić information content (AvgIpc) is 2.54. The number of nitrogens with one attached hydrogen (secondary N) is 1. The number of hydrogen-bond acceptors (Lipinski definition) is 4. The van der Waals surface area contributed by atoms with Gasteiger partial charge in [0.15, 0.2) is 0 Å². The van der Waals surface area contributed by atoms with Gasteiger partial charge in [-0.25, -0.2) is 0 Å². The van der Waals surface area contributed by atoms with Crippen molar-refractivity contribution >= 4 is 11.6 Å². The number of carbonyl (C=O) groups excluding carboxylic acids is 1. The average molecular weight is 342 g/mol. The number of nitrogens with zero attached hydrogens (tertiary/aromatic N) is 1. The van der Waals surface area contributed by atoms with Gasteiger partial charge < -0.3 is 10.4 Å². The minimum Gasteiger partial charge on any atom is -0.508 e. The fraction of sp³-hybridized carbons (Fsp3) is 0.316. The van der Waals surface area contributed by atoms with E-state index in [1.54, 1.807) is 0 Å². The maximum atomic E-state index is 12.2. The van der Waals surface area contributed by atoms with Gasteiger partial charge in [-0.2, -0.15) is 0 Å². The number of nitro benzene ring substituents is 1. The van der Waals surface area contributed by atoms with E-state index in [1.165, 1.54) is 17.7 Å². The molecule has 0 aromatic heterocycles. The Morgan fingerprint density at radius 2 is 1.80 bits per heavy atom. The molecular formula is C19H22N2O4. The fourth-order valence-electron chi connectivity index (χ4n) is 2.45. The lowest BCUT2D eigenvalue weighted by Crippen LogP contribution is -2.26. The van der Waals surface area contributed by atoms with Crippen molar-refractivity contribution in [2.75, 3.05) is 6.54 Å². The summed E-state index contributed by atoms with van der Waals surface area (Å²) >= 11 is 0. The first kappa shape index (κ1) is 18.4. The van der Waals surface area contributed by atoms with Gasteiger partial charge in [0.25, 0.3) is 11.6 Å². The predicted molar refractivity (Wildman–Crippen MR) is 95.9 cm³/mol. The Morgan fingerprint density at radius 1 is 1.16 bits per heavy atom. The molecule has 1 amide bonds. The smallest absolute Gasteiger partial charge is 0.285 e. The third kappa shape index (κ3) is 4.79. The molecule has 0 fully saturated rings. The third-order valence-corrected chi connectivity index (χ3v) is 3.94. The molecule has 6 nitrogen and oxygen atoms in total. The van der Waals surface area contributed by atoms with Crippen molar-refractivity contribution < 1.29 is 14.8 Å². The van der Waals surface area contributed by atoms with E-state index in [0.717, 1.165) is 11.6 Å². The van der Waals surface area contributed by atoms with E-state index >= 15 is 0 Å². The molecule has 0 aliphatic rings. The molecule has 0 saturated heterocycles. The monoisotopic (exact) mass is 342 g/mol. The molecule has 2 rings (SSSR count). The second-order valence-corrected chi connectivity index (χ2v) is 6.91. The number of rotatable bonds is 5. The van der Waals surface area contributed by atoms with Gasteiger partial charge in [0.2, 0.25) is 0 Å². The summed E-state index contributed by atoms with van der Waals surface area (Å²) < 4.78 is 0. The molecule has 25 heavy (non-hydrogen) atoms. The molecule has 0 radical (unpaired) electrons. The first-order valence-corrected chi connectivity index (χ1v) is 8.03. The van der Waals surface area contributed by atoms with Gasteiger partial charge in [-0.05, 0) is 35.1 Å². The highest BCUT2D eigenvalue weighted by molar-refractivity contribution is 5.98. The van der Waals surface area contributed by atoms with Crippen molar-refractivity contribution in [3.8, 4) is 5.75 Å². The number of nitro groups is 1. The molecule has 0 bridgehead atoms. The van der Waals surface area contributed by atoms with Crippen molar-refractivity contribution in [3.05, 3.63) is 69.3 Å². The van der Waals surface area contributed by atoms with Crippen LogP contribution in [-0.4, -0.2) is 22.5 Å². The number of amides is 1. The number of benzene rings is 2. The molecule has 2 N–H and O–H groups in total. The van der Waals surface area contributed by atoms with Gasteiger partial charge >= 0.3 is 0 Å². The molecule has 0 unspecified atom stereocenters. The molecule has 0 saturated carbocycles. The van der Waals surface area contributed by atoms with Crippen LogP contribution in [0.4, 0.5) is 5.69 Å². The summed E-state index contributed by atoms with van der Waals surface area (Å²) in [4.78, 5) is 22.5. The highest BCUT2D eigenvalue weighted by Crippen LogP contribution is 2.24. The van der Waals surface area contributed by atoms with Crippen LogP contribution in [0.3, 0.4) is 0 Å². The second kappa shape index (κ2) is 7.34. The minimum absolute atomic E-state index is 0.0640. The van der Waals surface area contributed by atoms with Crippen molar-refractivity contribution in [3.63, 3.8) is 0 Å². The highest BCUT2D eigenvalue weighted by Gasteiger charge is 2.20. The Bertz CT molecular complexity index is 777. The van der Waals surface area contributed by atoms with E-state index in [0.29, 0.717) is 13.0 Å². The van der Waals surface area contributed by atoms with Crippen molar-refractivity contribution in [2.24, 2.45) is 0 Å². The van der Waals surface area contributed by atoms with Crippen LogP contribution in [0.5, 0.6) is 5.75 Å². The number of carbonyl (C=O) groups is 1. The zero-order chi connectivity index (χ0) is 18.6. The van der Waals surface area contributed by atoms with E-state index in [-0.39, 0.29) is 16.7 Å².